The third kappa shape index (κ3) is 6.20. The molecule has 0 radical (unpaired) electrons. The number of aromatic hydroxyl groups is 1. The Bertz CT molecular complexity index is 2150. The fraction of sp³-hybridized carbons (Fsp3) is 0.548. The number of fused-ring (bicyclic) bond motifs is 4. The molecule has 8 rings (SSSR count). The van der Waals surface area contributed by atoms with Crippen LogP contribution in [-0.2, 0) is 4.74 Å². The maximum Gasteiger partial charge on any atom is 0.319 e. The van der Waals surface area contributed by atoms with Crippen LogP contribution >= 0.6 is 0 Å². The third-order valence-electron chi connectivity index (χ3n) is 12.7. The van der Waals surface area contributed by atoms with Crippen molar-refractivity contribution in [3.63, 3.8) is 0 Å². The van der Waals surface area contributed by atoms with E-state index >= 15 is 8.78 Å². The predicted octanol–water partition coefficient (Wildman–Crippen LogP) is 8.72. The number of alkyl halides is 1. The van der Waals surface area contributed by atoms with Gasteiger partial charge in [-0.3, -0.25) is 9.88 Å². The average Bonchev–Trinajstić information content (AvgIpc) is 3.73. The topological polar surface area (TPSA) is 83.8 Å². The zero-order valence-electron chi connectivity index (χ0n) is 32.1. The van der Waals surface area contributed by atoms with Crippen molar-refractivity contribution < 1.29 is 27.8 Å². The lowest BCUT2D eigenvalue weighted by Crippen LogP contribution is -2.43. The lowest BCUT2D eigenvalue weighted by Gasteiger charge is -2.38. The maximum absolute atomic E-state index is 17.3. The first-order chi connectivity index (χ1) is 25.8. The molecule has 4 atom stereocenters. The van der Waals surface area contributed by atoms with Crippen molar-refractivity contribution in [2.45, 2.75) is 114 Å². The molecule has 4 aliphatic rings. The van der Waals surface area contributed by atoms with Crippen LogP contribution in [0.5, 0.6) is 11.8 Å². The monoisotopic (exact) mass is 757 g/mol. The molecule has 3 saturated heterocycles. The van der Waals surface area contributed by atoms with E-state index in [4.69, 9.17) is 14.5 Å². The van der Waals surface area contributed by atoms with Gasteiger partial charge in [0.1, 0.15) is 49.4 Å². The van der Waals surface area contributed by atoms with E-state index in [0.29, 0.717) is 64.7 Å². The number of anilines is 1. The number of hydrogen-bond acceptors (Lipinski definition) is 8. The summed E-state index contributed by atoms with van der Waals surface area (Å²) in [5, 5.41) is 12.2. The summed E-state index contributed by atoms with van der Waals surface area (Å²) in [6, 6.07) is 5.98. The van der Waals surface area contributed by atoms with Crippen molar-refractivity contribution in [1.29, 1.82) is 0 Å². The van der Waals surface area contributed by atoms with Gasteiger partial charge in [0.25, 0.3) is 0 Å². The number of benzene rings is 2. The first-order valence-electron chi connectivity index (χ1n) is 19.6. The molecule has 1 saturated carbocycles. The Hall–Kier alpha value is -3.92. The van der Waals surface area contributed by atoms with E-state index in [2.05, 4.69) is 72.8 Å². The molecule has 286 valence electrons. The van der Waals surface area contributed by atoms with Crippen LogP contribution < -0.4 is 9.64 Å². The van der Waals surface area contributed by atoms with Crippen LogP contribution in [0.1, 0.15) is 79.2 Å². The molecule has 0 amide bonds. The van der Waals surface area contributed by atoms with Crippen molar-refractivity contribution >= 4 is 35.6 Å². The van der Waals surface area contributed by atoms with Gasteiger partial charge < -0.3 is 19.5 Å². The van der Waals surface area contributed by atoms with E-state index in [9.17, 15) is 9.50 Å². The Labute approximate surface area is 316 Å². The zero-order chi connectivity index (χ0) is 38.1. The van der Waals surface area contributed by atoms with Gasteiger partial charge in [-0.05, 0) is 72.4 Å². The van der Waals surface area contributed by atoms with Crippen LogP contribution in [0.25, 0.3) is 32.9 Å². The number of phenolic OH excluding ortho intramolecular Hbond substituents is 1. The molecular formula is C42H50F3N5O3Si. The van der Waals surface area contributed by atoms with Gasteiger partial charge in [-0.2, -0.15) is 9.97 Å². The highest BCUT2D eigenvalue weighted by atomic mass is 28.3. The third-order valence-corrected chi connectivity index (χ3v) is 19.0. The zero-order valence-corrected chi connectivity index (χ0v) is 33.1. The van der Waals surface area contributed by atoms with Crippen LogP contribution in [0, 0.1) is 23.1 Å². The second kappa shape index (κ2) is 14.0. The number of phenols is 1. The van der Waals surface area contributed by atoms with Crippen LogP contribution in [0.4, 0.5) is 19.0 Å². The Morgan fingerprint density at radius 2 is 1.83 bits per heavy atom. The Balaban J connectivity index is 1.29. The molecule has 0 unspecified atom stereocenters. The molecule has 2 aromatic heterocycles. The summed E-state index contributed by atoms with van der Waals surface area (Å²) in [7, 11) is -2.28. The molecular weight excluding hydrogens is 708 g/mol. The minimum Gasteiger partial charge on any atom is -0.508 e. The fourth-order valence-electron chi connectivity index (χ4n) is 10.0. The smallest absolute Gasteiger partial charge is 0.319 e. The minimum atomic E-state index is -2.28. The summed E-state index contributed by atoms with van der Waals surface area (Å²) in [6.45, 7) is 15.9. The number of aromatic nitrogens is 3. The molecule has 1 aliphatic carbocycles. The summed E-state index contributed by atoms with van der Waals surface area (Å²) in [4.78, 5) is 18.5. The normalized spacial score (nSPS) is 24.3. The maximum atomic E-state index is 17.3. The van der Waals surface area contributed by atoms with Gasteiger partial charge in [0.15, 0.2) is 5.82 Å². The molecule has 4 aromatic rings. The van der Waals surface area contributed by atoms with Gasteiger partial charge in [-0.25, -0.2) is 13.2 Å². The molecule has 3 aliphatic heterocycles. The van der Waals surface area contributed by atoms with E-state index in [0.717, 1.165) is 32.2 Å². The molecule has 1 N–H and O–H groups in total. The SMILES string of the molecule is CC(C)[Si](C#Cc1c(F)ccc2cc(O)cc(-c3ncc4c(N5CCCO[C@H]6C[C@H]65)nc(OC[C@@]56CCCN5C[C@H](F)C6)nc4c3F)c12)(C(C)C)C(C)C. The Morgan fingerprint density at radius 1 is 1.06 bits per heavy atom. The lowest BCUT2D eigenvalue weighted by molar-refractivity contribution is 0.107. The first kappa shape index (κ1) is 37.0. The minimum absolute atomic E-state index is 0.00399. The molecule has 54 heavy (non-hydrogen) atoms. The molecule has 8 nitrogen and oxygen atoms in total. The first-order valence-corrected chi connectivity index (χ1v) is 21.8. The molecule has 4 fully saturated rings. The second-order valence-corrected chi connectivity index (χ2v) is 22.4. The molecule has 12 heteroatoms. The van der Waals surface area contributed by atoms with Crippen LogP contribution in [-0.4, -0.2) is 89.7 Å². The van der Waals surface area contributed by atoms with Crippen LogP contribution in [0.15, 0.2) is 30.5 Å². The van der Waals surface area contributed by atoms with Gasteiger partial charge in [-0.1, -0.05) is 53.5 Å². The second-order valence-electron chi connectivity index (χ2n) is 16.8. The van der Waals surface area contributed by atoms with Gasteiger partial charge in [0.2, 0.25) is 0 Å². The lowest BCUT2D eigenvalue weighted by atomic mass is 9.95. The van der Waals surface area contributed by atoms with Crippen LogP contribution in [0.3, 0.4) is 0 Å². The predicted molar refractivity (Wildman–Crippen MR) is 208 cm³/mol. The Morgan fingerprint density at radius 3 is 2.59 bits per heavy atom. The van der Waals surface area contributed by atoms with Gasteiger partial charge in [0.05, 0.1) is 28.6 Å². The van der Waals surface area contributed by atoms with Crippen molar-refractivity contribution in [3.8, 4) is 34.5 Å². The molecule has 0 bridgehead atoms. The summed E-state index contributed by atoms with van der Waals surface area (Å²) in [5.74, 6) is 2.42. The summed E-state index contributed by atoms with van der Waals surface area (Å²) >= 11 is 0. The van der Waals surface area contributed by atoms with E-state index in [-0.39, 0.29) is 52.9 Å². The van der Waals surface area contributed by atoms with Gasteiger partial charge in [0, 0.05) is 43.3 Å². The van der Waals surface area contributed by atoms with Crippen LogP contribution in [0.2, 0.25) is 16.6 Å². The number of rotatable bonds is 8. The van der Waals surface area contributed by atoms with Gasteiger partial charge >= 0.3 is 6.01 Å². The number of halogens is 3. The molecule has 0 spiro atoms. The van der Waals surface area contributed by atoms with Crippen molar-refractivity contribution in [2.24, 2.45) is 0 Å². The molecule has 2 aromatic carbocycles. The quantitative estimate of drug-likeness (QED) is 0.141. The van der Waals surface area contributed by atoms with E-state index in [1.807, 2.05) is 0 Å². The van der Waals surface area contributed by atoms with E-state index < -0.39 is 31.4 Å². The van der Waals surface area contributed by atoms with Crippen molar-refractivity contribution in [3.05, 3.63) is 47.7 Å². The van der Waals surface area contributed by atoms with E-state index in [1.54, 1.807) is 12.3 Å². The highest BCUT2D eigenvalue weighted by Crippen LogP contribution is 2.45. The number of ether oxygens (including phenoxy) is 2. The standard InChI is InChI=1S/C42H50F3N5O3Si/c1-24(2)54(25(3)4,26(5)6)16-11-30-33(44)10-9-27-17-29(51)18-31(36(27)30)38-37(45)39-32(21-46-38)40(50-14-8-15-52-35-19-34(35)50)48-41(47-39)53-23-42-12-7-13-49(42)22-28(43)20-42/h9-10,17-18,21,24-26,28,34-35,51H,7-8,12-15,19-20,22-23H2,1-6H3/t28-,34-,35+,42+/m1/s1. The largest absolute Gasteiger partial charge is 0.508 e. The van der Waals surface area contributed by atoms with Crippen molar-refractivity contribution in [1.82, 2.24) is 19.9 Å². The number of pyridine rings is 1. The Kier molecular flexibility index (Phi) is 9.59. The fourth-order valence-corrected chi connectivity index (χ4v) is 15.3. The van der Waals surface area contributed by atoms with Crippen molar-refractivity contribution in [2.75, 3.05) is 37.7 Å². The summed E-state index contributed by atoms with van der Waals surface area (Å²) in [5.41, 5.74) is 4.43. The summed E-state index contributed by atoms with van der Waals surface area (Å²) < 4.78 is 60.3. The number of hydrogen-bond donors (Lipinski definition) is 1. The summed E-state index contributed by atoms with van der Waals surface area (Å²) in [6.07, 6.45) is 4.47. The highest BCUT2D eigenvalue weighted by molar-refractivity contribution is 6.90. The number of nitrogens with zero attached hydrogens (tertiary/aromatic N) is 5. The highest BCUT2D eigenvalue weighted by Gasteiger charge is 2.50. The molecule has 5 heterocycles. The average molecular weight is 758 g/mol. The van der Waals surface area contributed by atoms with Gasteiger partial charge in [-0.15, -0.1) is 5.54 Å². The van der Waals surface area contributed by atoms with E-state index in [1.165, 1.54) is 18.2 Å².